The SMILES string of the molecule is C1COCCN2CCOCCOCCN(CCO1)CCOCCOCC2.Cc1cc[cH-]c1.Cc1cc[cH-]c1.[C-]#[O+].[C-]#[O+].[C-]#[O+].[C-]#[O+].[Mn].[Mn]=[Sn][Br].[Na+]. The minimum atomic E-state index is -0.145. The first-order valence-corrected chi connectivity index (χ1v) is 26.6. The minimum Gasteiger partial charge on any atom is 1.00 e. The molecule has 283 valence electrons. The van der Waals surface area contributed by atoms with Gasteiger partial charge in [-0.05, 0) is 0 Å². The van der Waals surface area contributed by atoms with Gasteiger partial charge in [-0.2, -0.15) is 36.4 Å². The normalized spacial score (nSPS) is 18.0. The van der Waals surface area contributed by atoms with Gasteiger partial charge in [0.2, 0.25) is 0 Å². The van der Waals surface area contributed by atoms with Crippen molar-refractivity contribution >= 4 is 28.8 Å². The molecular weight excluding hydrogens is 928 g/mol. The van der Waals surface area contributed by atoms with Gasteiger partial charge in [0.1, 0.15) is 0 Å². The number of nitrogens with zero attached hydrogens (tertiary/aromatic N) is 2. The number of fused-ring (bicyclic) bond motifs is 21. The van der Waals surface area contributed by atoms with Crippen molar-refractivity contribution in [1.82, 2.24) is 9.80 Å². The van der Waals surface area contributed by atoms with Gasteiger partial charge in [-0.1, -0.05) is 13.8 Å². The zero-order valence-corrected chi connectivity index (χ0v) is 38.8. The molecule has 2 aromatic carbocycles. The fraction of sp³-hybridized carbons (Fsp3) is 0.588. The number of halogens is 1. The maximum Gasteiger partial charge on any atom is 1.00 e. The molecule has 12 nitrogen and oxygen atoms in total. The van der Waals surface area contributed by atoms with Crippen LogP contribution in [0.25, 0.3) is 0 Å². The number of hydrogen-bond acceptors (Lipinski definition) is 8. The van der Waals surface area contributed by atoms with Crippen molar-refractivity contribution in [2.24, 2.45) is 0 Å². The molecule has 0 aliphatic carbocycles. The third-order valence-corrected chi connectivity index (χ3v) is 6.09. The van der Waals surface area contributed by atoms with Crippen LogP contribution in [0, 0.1) is 40.4 Å². The molecule has 3 aliphatic heterocycles. The second kappa shape index (κ2) is 59.9. The summed E-state index contributed by atoms with van der Waals surface area (Å²) in [5.74, 6) is 0. The summed E-state index contributed by atoms with van der Waals surface area (Å²) in [4.78, 5) is 4.62. The van der Waals surface area contributed by atoms with E-state index in [0.717, 1.165) is 39.3 Å². The van der Waals surface area contributed by atoms with Crippen LogP contribution in [-0.2, 0) is 76.3 Å². The third-order valence-electron chi connectivity index (χ3n) is 6.09. The van der Waals surface area contributed by atoms with E-state index in [2.05, 4.69) is 99.4 Å². The molecular formula is C34H50BrMn2N2NaO10Sn-. The maximum absolute atomic E-state index is 7.50. The van der Waals surface area contributed by atoms with Crippen molar-refractivity contribution < 1.29 is 106 Å². The summed E-state index contributed by atoms with van der Waals surface area (Å²) in [6, 6.07) is 16.5. The van der Waals surface area contributed by atoms with Crippen LogP contribution >= 0.6 is 12.7 Å². The fourth-order valence-electron chi connectivity index (χ4n) is 3.74. The summed E-state index contributed by atoms with van der Waals surface area (Å²) < 4.78 is 64.2. The van der Waals surface area contributed by atoms with Crippen molar-refractivity contribution in [3.05, 3.63) is 86.3 Å². The molecule has 0 saturated carbocycles. The van der Waals surface area contributed by atoms with E-state index < -0.39 is 0 Å². The van der Waals surface area contributed by atoms with Crippen molar-refractivity contribution in [2.75, 3.05) is 119 Å². The molecule has 0 aromatic heterocycles. The molecule has 3 aliphatic rings. The van der Waals surface area contributed by atoms with Crippen LogP contribution in [0.15, 0.2) is 48.5 Å². The molecule has 2 bridgehead atoms. The Bertz CT molecular complexity index is 842. The van der Waals surface area contributed by atoms with Crippen LogP contribution in [0.3, 0.4) is 0 Å². The number of hydrogen-bond donors (Lipinski definition) is 0. The van der Waals surface area contributed by atoms with Crippen LogP contribution in [0.2, 0.25) is 0 Å². The van der Waals surface area contributed by atoms with Gasteiger partial charge in [-0.25, -0.2) is 23.3 Å². The second-order valence-corrected chi connectivity index (χ2v) is 19.5. The molecule has 2 aromatic rings. The van der Waals surface area contributed by atoms with Crippen LogP contribution in [0.1, 0.15) is 11.1 Å². The first-order chi connectivity index (χ1) is 24.2. The Labute approximate surface area is 359 Å². The molecule has 3 fully saturated rings. The molecule has 3 saturated heterocycles. The first kappa shape index (κ1) is 63.6. The Morgan fingerprint density at radius 2 is 0.745 bits per heavy atom. The van der Waals surface area contributed by atoms with Gasteiger partial charge in [0.15, 0.2) is 0 Å². The molecule has 51 heavy (non-hydrogen) atoms. The predicted molar refractivity (Wildman–Crippen MR) is 182 cm³/mol. The Hall–Kier alpha value is 0.658. The quantitative estimate of drug-likeness (QED) is 0.211. The molecule has 0 spiro atoms. The van der Waals surface area contributed by atoms with Crippen LogP contribution in [0.5, 0.6) is 0 Å². The van der Waals surface area contributed by atoms with E-state index in [0.29, 0.717) is 79.3 Å². The Balaban J connectivity index is -0.000000165. The summed E-state index contributed by atoms with van der Waals surface area (Å²) in [6.07, 6.45) is 0. The molecule has 0 N–H and O–H groups in total. The Kier molecular flexibility index (Phi) is 74.7. The molecule has 3 heterocycles. The van der Waals surface area contributed by atoms with Crippen LogP contribution in [-0.4, -0.2) is 144 Å². The van der Waals surface area contributed by atoms with E-state index in [-0.39, 0.29) is 62.7 Å². The monoisotopic (exact) mass is 978 g/mol. The zero-order valence-electron chi connectivity index (χ0n) is 30.0. The van der Waals surface area contributed by atoms with E-state index >= 15 is 0 Å². The number of aryl methyl sites for hydroxylation is 2. The van der Waals surface area contributed by atoms with Crippen LogP contribution in [0.4, 0.5) is 0 Å². The molecule has 0 atom stereocenters. The van der Waals surface area contributed by atoms with E-state index in [1.807, 2.05) is 24.3 Å². The number of ether oxygens (including phenoxy) is 6. The zero-order chi connectivity index (χ0) is 37.6. The Morgan fingerprint density at radius 3 is 0.863 bits per heavy atom. The van der Waals surface area contributed by atoms with Gasteiger partial charge in [0.25, 0.3) is 0 Å². The maximum atomic E-state index is 7.50. The first-order valence-electron chi connectivity index (χ1n) is 15.2. The summed E-state index contributed by atoms with van der Waals surface area (Å²) in [6.45, 7) is 35.3. The van der Waals surface area contributed by atoms with E-state index in [1.54, 1.807) is 0 Å². The Morgan fingerprint density at radius 1 is 0.549 bits per heavy atom. The molecule has 2 radical (unpaired) electrons. The van der Waals surface area contributed by atoms with Gasteiger partial charge < -0.3 is 28.4 Å². The number of rotatable bonds is 0. The van der Waals surface area contributed by atoms with Crippen LogP contribution < -0.4 is 29.6 Å². The van der Waals surface area contributed by atoms with Gasteiger partial charge in [0, 0.05) is 56.3 Å². The van der Waals surface area contributed by atoms with Crippen molar-refractivity contribution in [2.45, 2.75) is 13.8 Å². The van der Waals surface area contributed by atoms with Gasteiger partial charge >= 0.3 is 116 Å². The average molecular weight is 978 g/mol. The molecule has 5 rings (SSSR count). The topological polar surface area (TPSA) is 141 Å². The largest absolute Gasteiger partial charge is 1.00 e. The van der Waals surface area contributed by atoms with E-state index in [1.165, 1.54) is 11.1 Å². The van der Waals surface area contributed by atoms with Gasteiger partial charge in [-0.3, -0.25) is 9.80 Å². The van der Waals surface area contributed by atoms with E-state index in [4.69, 9.17) is 47.0 Å². The van der Waals surface area contributed by atoms with Gasteiger partial charge in [0.05, 0.1) is 79.3 Å². The van der Waals surface area contributed by atoms with Gasteiger partial charge in [-0.15, -0.1) is 0 Å². The smallest absolute Gasteiger partial charge is 1.00 e. The summed E-state index contributed by atoms with van der Waals surface area (Å²) >= 11 is 6.32. The predicted octanol–water partition coefficient (Wildman–Crippen LogP) is 0.459. The summed E-state index contributed by atoms with van der Waals surface area (Å²) in [7, 11) is 0. The second-order valence-electron chi connectivity index (χ2n) is 9.35. The van der Waals surface area contributed by atoms with Crippen molar-refractivity contribution in [3.8, 4) is 0 Å². The summed E-state index contributed by atoms with van der Waals surface area (Å²) in [5.41, 5.74) is 2.69. The van der Waals surface area contributed by atoms with Crippen molar-refractivity contribution in [1.29, 1.82) is 0 Å². The van der Waals surface area contributed by atoms with E-state index in [9.17, 15) is 0 Å². The van der Waals surface area contributed by atoms with Crippen molar-refractivity contribution in [3.63, 3.8) is 0 Å². The standard InChI is InChI=1S/C18H36N2O6.2C6H7.4CO.BrH.2Mn.Na.Sn/c1-7-21-13-14-24-10-4-20-5-11-25-17-15-22-8-2-19(1)3-9-23-16-18-26-12-6-20;2*1-6-4-2-3-5-6;4*1-2;;;;;/h1-18H2;2*2-5H,1H3;;;;;1H;;;;/q;2*-1;;;;;;;;2*+1/p-1. The average Bonchev–Trinajstić information content (AvgIpc) is 3.84. The fourth-order valence-corrected chi connectivity index (χ4v) is 3.74. The molecule has 0 unspecified atom stereocenters. The molecule has 0 amide bonds. The third kappa shape index (κ3) is 52.8. The molecule has 17 heteroatoms. The summed E-state index contributed by atoms with van der Waals surface area (Å²) in [5, 5.41) is 0. The minimum absolute atomic E-state index is 0.